The molecule has 1 saturated carbocycles. The first kappa shape index (κ1) is 14.2. The van der Waals surface area contributed by atoms with Crippen LogP contribution in [0.2, 0.25) is 0 Å². The van der Waals surface area contributed by atoms with Gasteiger partial charge in [-0.15, -0.1) is 0 Å². The van der Waals surface area contributed by atoms with Crippen molar-refractivity contribution >= 4 is 18.0 Å². The fraction of sp³-hybridized carbons (Fsp3) is 0.400. The summed E-state index contributed by atoms with van der Waals surface area (Å²) >= 11 is 0. The predicted octanol–water partition coefficient (Wildman–Crippen LogP) is 2.10. The van der Waals surface area contributed by atoms with Crippen LogP contribution >= 0.6 is 0 Å². The first-order valence-electron chi connectivity index (χ1n) is 6.77. The van der Waals surface area contributed by atoms with Gasteiger partial charge in [0.15, 0.2) is 0 Å². The van der Waals surface area contributed by atoms with E-state index < -0.39 is 5.97 Å². The van der Waals surface area contributed by atoms with Gasteiger partial charge < -0.3 is 10.4 Å². The number of nitrogens with one attached hydrogen (secondary N) is 1. The first-order valence-corrected chi connectivity index (χ1v) is 6.77. The number of pyridine rings is 1. The monoisotopic (exact) mass is 274 g/mol. The van der Waals surface area contributed by atoms with E-state index in [1.807, 2.05) is 0 Å². The van der Waals surface area contributed by atoms with Crippen LogP contribution in [0.3, 0.4) is 0 Å². The Labute approximate surface area is 117 Å². The minimum atomic E-state index is -1.05. The molecule has 5 heteroatoms. The Morgan fingerprint density at radius 2 is 2.35 bits per heavy atom. The molecule has 5 nitrogen and oxygen atoms in total. The molecule has 1 aromatic rings. The highest BCUT2D eigenvalue weighted by molar-refractivity contribution is 5.99. The Balaban J connectivity index is 2.04. The molecular formula is C15H18N2O3. The lowest BCUT2D eigenvalue weighted by Gasteiger charge is -2.07. The summed E-state index contributed by atoms with van der Waals surface area (Å²) in [6, 6.07) is 1.86. The van der Waals surface area contributed by atoms with Crippen molar-refractivity contribution in [2.24, 2.45) is 5.92 Å². The molecule has 106 valence electrons. The minimum absolute atomic E-state index is 0.166. The van der Waals surface area contributed by atoms with Gasteiger partial charge in [0.2, 0.25) is 0 Å². The molecule has 0 aliphatic heterocycles. The van der Waals surface area contributed by atoms with Crippen LogP contribution in [-0.4, -0.2) is 28.0 Å². The minimum Gasteiger partial charge on any atom is -0.478 e. The van der Waals surface area contributed by atoms with E-state index >= 15 is 0 Å². The molecule has 2 rings (SSSR count). The van der Waals surface area contributed by atoms with Gasteiger partial charge in [-0.3, -0.25) is 9.78 Å². The molecule has 1 heterocycles. The number of carbonyl (C=O) groups excluding carboxylic acids is 1. The number of hydrogen-bond acceptors (Lipinski definition) is 3. The maximum absolute atomic E-state index is 12.2. The number of carbonyl (C=O) groups is 2. The standard InChI is InChI=1S/C15H18N2O3/c1-2-3-10-8-13(10)17-15(20)12-6-7-16-9-11(12)4-5-14(18)19/h4-7,9-10,13H,2-3,8H2,1H3,(H,17,20)(H,18,19)/b5-4+. The van der Waals surface area contributed by atoms with Crippen molar-refractivity contribution in [1.82, 2.24) is 10.3 Å². The molecule has 2 unspecified atom stereocenters. The zero-order valence-electron chi connectivity index (χ0n) is 11.4. The zero-order chi connectivity index (χ0) is 14.5. The number of rotatable bonds is 6. The highest BCUT2D eigenvalue weighted by Gasteiger charge is 2.37. The van der Waals surface area contributed by atoms with Crippen molar-refractivity contribution in [2.75, 3.05) is 0 Å². The van der Waals surface area contributed by atoms with Crippen LogP contribution in [0.25, 0.3) is 6.08 Å². The molecular weight excluding hydrogens is 256 g/mol. The topological polar surface area (TPSA) is 79.3 Å². The highest BCUT2D eigenvalue weighted by Crippen LogP contribution is 2.34. The number of aliphatic carboxylic acids is 1. The molecule has 0 bridgehead atoms. The van der Waals surface area contributed by atoms with E-state index in [1.54, 1.807) is 6.07 Å². The van der Waals surface area contributed by atoms with Crippen LogP contribution in [0.5, 0.6) is 0 Å². The number of nitrogens with zero attached hydrogens (tertiary/aromatic N) is 1. The molecule has 2 atom stereocenters. The van der Waals surface area contributed by atoms with Gasteiger partial charge in [-0.2, -0.15) is 0 Å². The molecule has 2 N–H and O–H groups in total. The Kier molecular flexibility index (Phi) is 4.50. The second-order valence-electron chi connectivity index (χ2n) is 5.00. The zero-order valence-corrected chi connectivity index (χ0v) is 11.4. The van der Waals surface area contributed by atoms with E-state index in [9.17, 15) is 9.59 Å². The van der Waals surface area contributed by atoms with Gasteiger partial charge in [0.05, 0.1) is 0 Å². The molecule has 0 aromatic carbocycles. The molecule has 20 heavy (non-hydrogen) atoms. The summed E-state index contributed by atoms with van der Waals surface area (Å²) in [6.45, 7) is 2.13. The van der Waals surface area contributed by atoms with E-state index in [4.69, 9.17) is 5.11 Å². The Morgan fingerprint density at radius 1 is 1.55 bits per heavy atom. The van der Waals surface area contributed by atoms with Gasteiger partial charge in [-0.25, -0.2) is 4.79 Å². The van der Waals surface area contributed by atoms with Gasteiger partial charge in [0.1, 0.15) is 0 Å². The van der Waals surface area contributed by atoms with Crippen LogP contribution < -0.4 is 5.32 Å². The van der Waals surface area contributed by atoms with Crippen LogP contribution in [0.4, 0.5) is 0 Å². The summed E-state index contributed by atoms with van der Waals surface area (Å²) in [4.78, 5) is 26.7. The summed E-state index contributed by atoms with van der Waals surface area (Å²) in [5.74, 6) is -0.629. The van der Waals surface area contributed by atoms with Crippen molar-refractivity contribution in [3.05, 3.63) is 35.7 Å². The van der Waals surface area contributed by atoms with Crippen molar-refractivity contribution in [1.29, 1.82) is 0 Å². The lowest BCUT2D eigenvalue weighted by molar-refractivity contribution is -0.131. The van der Waals surface area contributed by atoms with Crippen LogP contribution in [0, 0.1) is 5.92 Å². The molecule has 1 aliphatic rings. The normalized spacial score (nSPS) is 20.9. The largest absolute Gasteiger partial charge is 0.478 e. The lowest BCUT2D eigenvalue weighted by atomic mass is 10.1. The van der Waals surface area contributed by atoms with E-state index in [-0.39, 0.29) is 11.9 Å². The van der Waals surface area contributed by atoms with Crippen molar-refractivity contribution in [3.8, 4) is 0 Å². The van der Waals surface area contributed by atoms with Crippen molar-refractivity contribution < 1.29 is 14.7 Å². The summed E-state index contributed by atoms with van der Waals surface area (Å²) in [5, 5.41) is 11.6. The van der Waals surface area contributed by atoms with Crippen LogP contribution in [-0.2, 0) is 4.79 Å². The third kappa shape index (κ3) is 3.66. The Bertz CT molecular complexity index is 540. The molecule has 1 fully saturated rings. The first-order chi connectivity index (χ1) is 9.61. The van der Waals surface area contributed by atoms with Crippen LogP contribution in [0.1, 0.15) is 42.1 Å². The van der Waals surface area contributed by atoms with E-state index in [0.717, 1.165) is 25.3 Å². The fourth-order valence-electron chi connectivity index (χ4n) is 2.27. The number of amides is 1. The molecule has 0 radical (unpaired) electrons. The molecule has 1 aliphatic carbocycles. The van der Waals surface area contributed by atoms with E-state index in [1.165, 1.54) is 18.5 Å². The molecule has 0 saturated heterocycles. The summed E-state index contributed by atoms with van der Waals surface area (Å²) in [7, 11) is 0. The fourth-order valence-corrected chi connectivity index (χ4v) is 2.27. The number of aromatic nitrogens is 1. The average molecular weight is 274 g/mol. The van der Waals surface area contributed by atoms with Gasteiger partial charge >= 0.3 is 5.97 Å². The third-order valence-electron chi connectivity index (χ3n) is 3.40. The van der Waals surface area contributed by atoms with Crippen molar-refractivity contribution in [2.45, 2.75) is 32.2 Å². The van der Waals surface area contributed by atoms with Gasteiger partial charge in [0, 0.05) is 35.6 Å². The second kappa shape index (κ2) is 6.32. The van der Waals surface area contributed by atoms with Gasteiger partial charge in [-0.1, -0.05) is 13.3 Å². The number of carboxylic acids is 1. The number of carboxylic acid groups (broad SMARTS) is 1. The summed E-state index contributed by atoms with van der Waals surface area (Å²) in [6.07, 6.45) is 8.70. The Morgan fingerprint density at radius 3 is 3.05 bits per heavy atom. The van der Waals surface area contributed by atoms with E-state index in [0.29, 0.717) is 17.0 Å². The lowest BCUT2D eigenvalue weighted by Crippen LogP contribution is -2.27. The van der Waals surface area contributed by atoms with E-state index in [2.05, 4.69) is 17.2 Å². The molecule has 0 spiro atoms. The SMILES string of the molecule is CCCC1CC1NC(=O)c1ccncc1/C=C/C(=O)O. The second-order valence-corrected chi connectivity index (χ2v) is 5.00. The molecule has 1 aromatic heterocycles. The maximum Gasteiger partial charge on any atom is 0.328 e. The van der Waals surface area contributed by atoms with Crippen LogP contribution in [0.15, 0.2) is 24.5 Å². The van der Waals surface area contributed by atoms with Gasteiger partial charge in [0.25, 0.3) is 5.91 Å². The summed E-state index contributed by atoms with van der Waals surface area (Å²) < 4.78 is 0. The third-order valence-corrected chi connectivity index (χ3v) is 3.40. The quantitative estimate of drug-likeness (QED) is 0.778. The smallest absolute Gasteiger partial charge is 0.328 e. The van der Waals surface area contributed by atoms with Crippen molar-refractivity contribution in [3.63, 3.8) is 0 Å². The van der Waals surface area contributed by atoms with Gasteiger partial charge in [-0.05, 0) is 30.9 Å². The highest BCUT2D eigenvalue weighted by atomic mass is 16.4. The molecule has 1 amide bonds. The summed E-state index contributed by atoms with van der Waals surface area (Å²) in [5.41, 5.74) is 0.972. The predicted molar refractivity (Wildman–Crippen MR) is 75.2 cm³/mol. The maximum atomic E-state index is 12.2. The number of hydrogen-bond donors (Lipinski definition) is 2. The average Bonchev–Trinajstić information content (AvgIpc) is 3.15. The Hall–Kier alpha value is -2.17.